The lowest BCUT2D eigenvalue weighted by atomic mass is 10.1. The number of hydrogen-bond acceptors (Lipinski definition) is 4. The van der Waals surface area contributed by atoms with Crippen LogP contribution >= 0.6 is 0 Å². The number of ether oxygens (including phenoxy) is 2. The third kappa shape index (κ3) is 5.64. The second-order valence-corrected chi connectivity index (χ2v) is 7.44. The fourth-order valence-corrected chi connectivity index (χ4v) is 2.34. The summed E-state index contributed by atoms with van der Waals surface area (Å²) in [6.07, 6.45) is 4.15. The van der Waals surface area contributed by atoms with Crippen LogP contribution in [0.5, 0.6) is 5.75 Å². The molecule has 21 heavy (non-hydrogen) atoms. The first-order valence-corrected chi connectivity index (χ1v) is 7.74. The van der Waals surface area contributed by atoms with Crippen molar-refractivity contribution in [2.45, 2.75) is 71.2 Å². The van der Waals surface area contributed by atoms with Gasteiger partial charge in [0.25, 0.3) is 0 Å². The molecule has 1 fully saturated rings. The summed E-state index contributed by atoms with van der Waals surface area (Å²) in [6.45, 7) is 12.1. The molecule has 1 saturated heterocycles. The summed E-state index contributed by atoms with van der Waals surface area (Å²) in [5.74, 6) is 0.808. The van der Waals surface area contributed by atoms with Gasteiger partial charge in [-0.25, -0.2) is 0 Å². The van der Waals surface area contributed by atoms with E-state index in [1.165, 1.54) is 0 Å². The zero-order valence-electron chi connectivity index (χ0n) is 13.9. The van der Waals surface area contributed by atoms with E-state index in [1.54, 1.807) is 6.20 Å². The van der Waals surface area contributed by atoms with E-state index in [0.717, 1.165) is 30.8 Å². The highest BCUT2D eigenvalue weighted by atomic mass is 16.6. The van der Waals surface area contributed by atoms with Crippen LogP contribution in [0.25, 0.3) is 0 Å². The van der Waals surface area contributed by atoms with Gasteiger partial charge in [0.1, 0.15) is 12.4 Å². The fraction of sp³-hybridized carbons (Fsp3) is 0.706. The average Bonchev–Trinajstić information content (AvgIpc) is 2.74. The molecule has 1 aliphatic rings. The minimum Gasteiger partial charge on any atom is -0.489 e. The van der Waals surface area contributed by atoms with Crippen molar-refractivity contribution in [3.8, 4) is 5.75 Å². The molecule has 1 aliphatic heterocycles. The Morgan fingerprint density at radius 2 is 2.14 bits per heavy atom. The molecule has 0 saturated carbocycles. The van der Waals surface area contributed by atoms with Crippen LogP contribution in [-0.2, 0) is 11.3 Å². The monoisotopic (exact) mass is 292 g/mol. The lowest BCUT2D eigenvalue weighted by molar-refractivity contribution is -0.0327. The first-order valence-electron chi connectivity index (χ1n) is 7.74. The highest BCUT2D eigenvalue weighted by Crippen LogP contribution is 2.29. The summed E-state index contributed by atoms with van der Waals surface area (Å²) in [4.78, 5) is 4.43. The van der Waals surface area contributed by atoms with Gasteiger partial charge in [0.2, 0.25) is 0 Å². The molecule has 118 valence electrons. The van der Waals surface area contributed by atoms with Gasteiger partial charge in [-0.15, -0.1) is 0 Å². The smallest absolute Gasteiger partial charge is 0.137 e. The van der Waals surface area contributed by atoms with Crippen molar-refractivity contribution >= 4 is 0 Å². The molecule has 4 heteroatoms. The standard InChI is InChI=1S/C17H28N2O2/c1-16(2,3)19-10-13-6-7-14(11-18-13)20-12-15-8-9-17(4,5)21-15/h6-7,11,15,19H,8-10,12H2,1-5H3. The third-order valence-corrected chi connectivity index (χ3v) is 3.59. The van der Waals surface area contributed by atoms with Crippen molar-refractivity contribution in [1.82, 2.24) is 10.3 Å². The van der Waals surface area contributed by atoms with E-state index in [9.17, 15) is 0 Å². The average molecular weight is 292 g/mol. The van der Waals surface area contributed by atoms with Crippen LogP contribution in [0.2, 0.25) is 0 Å². The quantitative estimate of drug-likeness (QED) is 0.904. The van der Waals surface area contributed by atoms with Crippen molar-refractivity contribution in [3.63, 3.8) is 0 Å². The summed E-state index contributed by atoms with van der Waals surface area (Å²) in [7, 11) is 0. The molecular formula is C17H28N2O2. The molecular weight excluding hydrogens is 264 g/mol. The molecule has 2 rings (SSSR count). The van der Waals surface area contributed by atoms with Crippen LogP contribution in [0.4, 0.5) is 0 Å². The normalized spacial score (nSPS) is 21.5. The van der Waals surface area contributed by atoms with Gasteiger partial charge in [-0.05, 0) is 59.6 Å². The predicted octanol–water partition coefficient (Wildman–Crippen LogP) is 3.31. The van der Waals surface area contributed by atoms with Crippen LogP contribution in [0, 0.1) is 0 Å². The van der Waals surface area contributed by atoms with E-state index in [1.807, 2.05) is 12.1 Å². The SMILES string of the molecule is CC(C)(C)NCc1ccc(OCC2CCC(C)(C)O2)cn1. The van der Waals surface area contributed by atoms with Gasteiger partial charge in [-0.1, -0.05) is 0 Å². The van der Waals surface area contributed by atoms with Gasteiger partial charge in [0.15, 0.2) is 0 Å². The maximum Gasteiger partial charge on any atom is 0.137 e. The molecule has 1 N–H and O–H groups in total. The first-order chi connectivity index (χ1) is 9.73. The summed E-state index contributed by atoms with van der Waals surface area (Å²) < 4.78 is 11.7. The lowest BCUT2D eigenvalue weighted by Crippen LogP contribution is -2.35. The van der Waals surface area contributed by atoms with E-state index in [0.29, 0.717) is 6.61 Å². The van der Waals surface area contributed by atoms with Crippen LogP contribution in [0.1, 0.15) is 53.2 Å². The minimum absolute atomic E-state index is 0.00520. The number of nitrogens with zero attached hydrogens (tertiary/aromatic N) is 1. The summed E-state index contributed by atoms with van der Waals surface area (Å²) in [5.41, 5.74) is 1.12. The number of hydrogen-bond donors (Lipinski definition) is 1. The first kappa shape index (κ1) is 16.2. The molecule has 0 aliphatic carbocycles. The molecule has 1 aromatic rings. The third-order valence-electron chi connectivity index (χ3n) is 3.59. The molecule has 2 heterocycles. The Morgan fingerprint density at radius 1 is 1.38 bits per heavy atom. The molecule has 1 atom stereocenters. The Kier molecular flexibility index (Phi) is 4.89. The molecule has 0 radical (unpaired) electrons. The number of aromatic nitrogens is 1. The molecule has 0 spiro atoms. The van der Waals surface area contributed by atoms with Crippen molar-refractivity contribution < 1.29 is 9.47 Å². The Labute approximate surface area is 128 Å². The van der Waals surface area contributed by atoms with Gasteiger partial charge >= 0.3 is 0 Å². The molecule has 4 nitrogen and oxygen atoms in total. The van der Waals surface area contributed by atoms with Crippen LogP contribution < -0.4 is 10.1 Å². The van der Waals surface area contributed by atoms with Crippen LogP contribution in [0.15, 0.2) is 18.3 Å². The van der Waals surface area contributed by atoms with E-state index < -0.39 is 0 Å². The van der Waals surface area contributed by atoms with Crippen molar-refractivity contribution in [1.29, 1.82) is 0 Å². The minimum atomic E-state index is -0.00520. The second kappa shape index (κ2) is 6.32. The summed E-state index contributed by atoms with van der Waals surface area (Å²) in [5, 5.41) is 3.42. The van der Waals surface area contributed by atoms with Crippen molar-refractivity contribution in [2.24, 2.45) is 0 Å². The molecule has 1 unspecified atom stereocenters. The second-order valence-electron chi connectivity index (χ2n) is 7.44. The van der Waals surface area contributed by atoms with Gasteiger partial charge in [0, 0.05) is 12.1 Å². The Balaban J connectivity index is 1.77. The van der Waals surface area contributed by atoms with Crippen molar-refractivity contribution in [3.05, 3.63) is 24.0 Å². The van der Waals surface area contributed by atoms with E-state index in [-0.39, 0.29) is 17.2 Å². The maximum absolute atomic E-state index is 5.91. The van der Waals surface area contributed by atoms with Gasteiger partial charge in [0.05, 0.1) is 23.6 Å². The lowest BCUT2D eigenvalue weighted by Gasteiger charge is -2.20. The zero-order valence-corrected chi connectivity index (χ0v) is 13.9. The number of rotatable bonds is 5. The van der Waals surface area contributed by atoms with E-state index >= 15 is 0 Å². The molecule has 1 aromatic heterocycles. The molecule has 0 aromatic carbocycles. The topological polar surface area (TPSA) is 43.4 Å². The summed E-state index contributed by atoms with van der Waals surface area (Å²) >= 11 is 0. The molecule has 0 amide bonds. The van der Waals surface area contributed by atoms with Crippen LogP contribution in [-0.4, -0.2) is 28.8 Å². The Bertz CT molecular complexity index is 449. The van der Waals surface area contributed by atoms with E-state index in [4.69, 9.17) is 9.47 Å². The highest BCUT2D eigenvalue weighted by molar-refractivity contribution is 5.20. The van der Waals surface area contributed by atoms with Gasteiger partial charge in [-0.2, -0.15) is 0 Å². The fourth-order valence-electron chi connectivity index (χ4n) is 2.34. The Morgan fingerprint density at radius 3 is 2.67 bits per heavy atom. The highest BCUT2D eigenvalue weighted by Gasteiger charge is 2.31. The molecule has 0 bridgehead atoms. The zero-order chi connectivity index (χ0) is 15.5. The number of nitrogens with one attached hydrogen (secondary N) is 1. The van der Waals surface area contributed by atoms with Gasteiger partial charge in [-0.3, -0.25) is 4.98 Å². The van der Waals surface area contributed by atoms with E-state index in [2.05, 4.69) is 44.9 Å². The predicted molar refractivity (Wildman–Crippen MR) is 84.5 cm³/mol. The maximum atomic E-state index is 5.91. The summed E-state index contributed by atoms with van der Waals surface area (Å²) in [6, 6.07) is 3.99. The van der Waals surface area contributed by atoms with Gasteiger partial charge < -0.3 is 14.8 Å². The van der Waals surface area contributed by atoms with Crippen LogP contribution in [0.3, 0.4) is 0 Å². The number of pyridine rings is 1. The Hall–Kier alpha value is -1.13. The van der Waals surface area contributed by atoms with Crippen molar-refractivity contribution in [2.75, 3.05) is 6.61 Å². The largest absolute Gasteiger partial charge is 0.489 e.